The number of esters is 2. The summed E-state index contributed by atoms with van der Waals surface area (Å²) in [7, 11) is 1.26. The maximum absolute atomic E-state index is 13.4. The molecule has 1 N–H and O–H groups in total. The van der Waals surface area contributed by atoms with E-state index < -0.39 is 23.6 Å². The van der Waals surface area contributed by atoms with E-state index in [2.05, 4.69) is 21.2 Å². The predicted octanol–water partition coefficient (Wildman–Crippen LogP) is 5.80. The highest BCUT2D eigenvalue weighted by molar-refractivity contribution is 9.10. The number of hydrogen-bond acceptors (Lipinski definition) is 7. The van der Waals surface area contributed by atoms with Crippen LogP contribution in [0, 0.1) is 11.6 Å². The van der Waals surface area contributed by atoms with Crippen molar-refractivity contribution in [3.63, 3.8) is 0 Å². The Labute approximate surface area is 201 Å². The van der Waals surface area contributed by atoms with Crippen molar-refractivity contribution in [3.05, 3.63) is 69.0 Å². The van der Waals surface area contributed by atoms with Gasteiger partial charge in [-0.25, -0.2) is 18.4 Å². The first-order valence-corrected chi connectivity index (χ1v) is 11.4. The molecule has 0 fully saturated rings. The van der Waals surface area contributed by atoms with Crippen molar-refractivity contribution < 1.29 is 32.6 Å². The zero-order chi connectivity index (χ0) is 24.0. The standard InChI is InChI=1S/C23H20BrF2NO5S/c1-3-31-18(28)12-32-20-19(24)21(33-22(20)23(29)30-2)14-6-4-5-13(7-14)11-27-17-9-15(25)8-16(26)10-17/h4-10,27H,3,11-12H2,1-2H3. The fraction of sp³-hybridized carbons (Fsp3) is 0.217. The number of thiophene rings is 1. The molecule has 1 heterocycles. The minimum Gasteiger partial charge on any atom is -0.479 e. The van der Waals surface area contributed by atoms with Crippen LogP contribution in [0.25, 0.3) is 10.4 Å². The van der Waals surface area contributed by atoms with Gasteiger partial charge in [-0.05, 0) is 52.2 Å². The van der Waals surface area contributed by atoms with Crippen LogP contribution in [-0.2, 0) is 20.8 Å². The number of halogens is 3. The van der Waals surface area contributed by atoms with E-state index in [1.54, 1.807) is 6.92 Å². The van der Waals surface area contributed by atoms with Gasteiger partial charge in [-0.1, -0.05) is 18.2 Å². The number of nitrogens with one attached hydrogen (secondary N) is 1. The molecule has 0 amide bonds. The first-order chi connectivity index (χ1) is 15.8. The molecule has 10 heteroatoms. The SMILES string of the molecule is CCOC(=O)COc1c(C(=O)OC)sc(-c2cccc(CNc3cc(F)cc(F)c3)c2)c1Br. The number of rotatable bonds is 9. The average Bonchev–Trinajstić information content (AvgIpc) is 3.11. The molecule has 0 aliphatic rings. The van der Waals surface area contributed by atoms with E-state index in [1.807, 2.05) is 24.3 Å². The van der Waals surface area contributed by atoms with Gasteiger partial charge in [-0.2, -0.15) is 0 Å². The van der Waals surface area contributed by atoms with Crippen LogP contribution in [0.1, 0.15) is 22.2 Å². The lowest BCUT2D eigenvalue weighted by atomic mass is 10.1. The first-order valence-electron chi connectivity index (χ1n) is 9.80. The van der Waals surface area contributed by atoms with Gasteiger partial charge in [-0.15, -0.1) is 11.3 Å². The molecule has 0 unspecified atom stereocenters. The van der Waals surface area contributed by atoms with Gasteiger partial charge in [0, 0.05) is 18.3 Å². The number of hydrogen-bond donors (Lipinski definition) is 1. The molecule has 3 aromatic rings. The summed E-state index contributed by atoms with van der Waals surface area (Å²) in [5.41, 5.74) is 1.93. The third-order valence-electron chi connectivity index (χ3n) is 4.37. The van der Waals surface area contributed by atoms with Crippen molar-refractivity contribution in [1.82, 2.24) is 0 Å². The van der Waals surface area contributed by atoms with Gasteiger partial charge < -0.3 is 19.5 Å². The van der Waals surface area contributed by atoms with Gasteiger partial charge in [0.2, 0.25) is 0 Å². The highest BCUT2D eigenvalue weighted by atomic mass is 79.9. The normalized spacial score (nSPS) is 10.6. The van der Waals surface area contributed by atoms with E-state index in [4.69, 9.17) is 14.2 Å². The number of carbonyl (C=O) groups excluding carboxylic acids is 2. The highest BCUT2D eigenvalue weighted by Gasteiger charge is 2.25. The maximum Gasteiger partial charge on any atom is 0.351 e. The number of ether oxygens (including phenoxy) is 3. The van der Waals surface area contributed by atoms with Gasteiger partial charge >= 0.3 is 11.9 Å². The van der Waals surface area contributed by atoms with Crippen molar-refractivity contribution in [3.8, 4) is 16.2 Å². The topological polar surface area (TPSA) is 73.9 Å². The van der Waals surface area contributed by atoms with E-state index >= 15 is 0 Å². The van der Waals surface area contributed by atoms with E-state index in [9.17, 15) is 18.4 Å². The Balaban J connectivity index is 1.86. The minimum atomic E-state index is -0.667. The summed E-state index contributed by atoms with van der Waals surface area (Å²) in [5.74, 6) is -2.31. The number of carbonyl (C=O) groups is 2. The van der Waals surface area contributed by atoms with Crippen molar-refractivity contribution in [2.75, 3.05) is 25.6 Å². The second-order valence-electron chi connectivity index (χ2n) is 6.70. The monoisotopic (exact) mass is 539 g/mol. The molecule has 0 aliphatic carbocycles. The molecular weight excluding hydrogens is 520 g/mol. The van der Waals surface area contributed by atoms with Gasteiger partial charge in [0.05, 0.1) is 23.1 Å². The summed E-state index contributed by atoms with van der Waals surface area (Å²) in [6, 6.07) is 10.6. The molecule has 0 aliphatic heterocycles. The number of anilines is 1. The van der Waals surface area contributed by atoms with Gasteiger partial charge in [0.1, 0.15) is 11.6 Å². The van der Waals surface area contributed by atoms with E-state index in [0.717, 1.165) is 28.5 Å². The smallest absolute Gasteiger partial charge is 0.351 e. The largest absolute Gasteiger partial charge is 0.479 e. The Morgan fingerprint density at radius 3 is 2.52 bits per heavy atom. The number of benzene rings is 2. The zero-order valence-electron chi connectivity index (χ0n) is 17.7. The third-order valence-corrected chi connectivity index (χ3v) is 6.59. The Morgan fingerprint density at radius 2 is 1.85 bits per heavy atom. The summed E-state index contributed by atoms with van der Waals surface area (Å²) < 4.78 is 42.6. The molecule has 6 nitrogen and oxygen atoms in total. The number of methoxy groups -OCH3 is 1. The Hall–Kier alpha value is -2.98. The molecule has 0 bridgehead atoms. The Kier molecular flexibility index (Phi) is 8.40. The third kappa shape index (κ3) is 6.29. The summed E-state index contributed by atoms with van der Waals surface area (Å²) in [6.45, 7) is 1.85. The van der Waals surface area contributed by atoms with Gasteiger partial charge in [-0.3, -0.25) is 0 Å². The molecule has 174 valence electrons. The molecule has 0 radical (unpaired) electrons. The van der Waals surface area contributed by atoms with Crippen LogP contribution in [0.15, 0.2) is 46.9 Å². The summed E-state index contributed by atoms with van der Waals surface area (Å²) in [6.07, 6.45) is 0. The molecule has 1 aromatic heterocycles. The predicted molar refractivity (Wildman–Crippen MR) is 125 cm³/mol. The lowest BCUT2D eigenvalue weighted by Gasteiger charge is -2.09. The summed E-state index contributed by atoms with van der Waals surface area (Å²) >= 11 is 4.61. The molecular formula is C23H20BrF2NO5S. The van der Waals surface area contributed by atoms with E-state index in [0.29, 0.717) is 21.6 Å². The van der Waals surface area contributed by atoms with Crippen molar-refractivity contribution in [2.45, 2.75) is 13.5 Å². The molecule has 0 spiro atoms. The van der Waals surface area contributed by atoms with Crippen LogP contribution in [0.3, 0.4) is 0 Å². The Bertz CT molecular complexity index is 1150. The molecule has 0 saturated heterocycles. The van der Waals surface area contributed by atoms with E-state index in [1.165, 1.54) is 19.2 Å². The molecule has 0 saturated carbocycles. The van der Waals surface area contributed by atoms with Crippen LogP contribution >= 0.6 is 27.3 Å². The van der Waals surface area contributed by atoms with E-state index in [-0.39, 0.29) is 23.8 Å². The second kappa shape index (κ2) is 11.2. The highest BCUT2D eigenvalue weighted by Crippen LogP contribution is 2.46. The zero-order valence-corrected chi connectivity index (χ0v) is 20.1. The minimum absolute atomic E-state index is 0.189. The quantitative estimate of drug-likeness (QED) is 0.346. The molecule has 33 heavy (non-hydrogen) atoms. The second-order valence-corrected chi connectivity index (χ2v) is 8.51. The van der Waals surface area contributed by atoms with Crippen LogP contribution in [0.2, 0.25) is 0 Å². The van der Waals surface area contributed by atoms with Gasteiger partial charge in [0.15, 0.2) is 17.2 Å². The lowest BCUT2D eigenvalue weighted by Crippen LogP contribution is -2.15. The molecule has 2 aromatic carbocycles. The lowest BCUT2D eigenvalue weighted by molar-refractivity contribution is -0.145. The fourth-order valence-corrected chi connectivity index (χ4v) is 4.92. The molecule has 3 rings (SSSR count). The van der Waals surface area contributed by atoms with Crippen molar-refractivity contribution in [2.24, 2.45) is 0 Å². The Morgan fingerprint density at radius 1 is 1.12 bits per heavy atom. The summed E-state index contributed by atoms with van der Waals surface area (Å²) in [5, 5.41) is 2.99. The first kappa shape index (κ1) is 24.7. The van der Waals surface area contributed by atoms with Crippen LogP contribution in [0.5, 0.6) is 5.75 Å². The van der Waals surface area contributed by atoms with Gasteiger partial charge in [0.25, 0.3) is 0 Å². The molecule has 0 atom stereocenters. The maximum atomic E-state index is 13.4. The van der Waals surface area contributed by atoms with Crippen LogP contribution in [0.4, 0.5) is 14.5 Å². The van der Waals surface area contributed by atoms with Crippen molar-refractivity contribution in [1.29, 1.82) is 0 Å². The fourth-order valence-electron chi connectivity index (χ4n) is 2.95. The average molecular weight is 540 g/mol. The summed E-state index contributed by atoms with van der Waals surface area (Å²) in [4.78, 5) is 24.9. The van der Waals surface area contributed by atoms with Crippen LogP contribution < -0.4 is 10.1 Å². The van der Waals surface area contributed by atoms with Crippen molar-refractivity contribution >= 4 is 44.9 Å². The van der Waals surface area contributed by atoms with Crippen LogP contribution in [-0.4, -0.2) is 32.3 Å².